The zero-order chi connectivity index (χ0) is 13.8. The Morgan fingerprint density at radius 3 is 2.58 bits per heavy atom. The van der Waals surface area contributed by atoms with Gasteiger partial charge in [-0.25, -0.2) is 9.97 Å². The molecule has 104 valence electrons. The molecule has 0 aliphatic carbocycles. The van der Waals surface area contributed by atoms with Gasteiger partial charge in [0.25, 0.3) is 0 Å². The van der Waals surface area contributed by atoms with E-state index >= 15 is 0 Å². The summed E-state index contributed by atoms with van der Waals surface area (Å²) < 4.78 is 5.25. The van der Waals surface area contributed by atoms with Gasteiger partial charge in [0, 0.05) is 18.4 Å². The fourth-order valence-corrected chi connectivity index (χ4v) is 3.93. The molecule has 2 rings (SSSR count). The zero-order valence-corrected chi connectivity index (χ0v) is 13.1. The van der Waals surface area contributed by atoms with E-state index in [1.54, 1.807) is 18.4 Å². The molecule has 0 unspecified atom stereocenters. The van der Waals surface area contributed by atoms with Crippen molar-refractivity contribution in [3.8, 4) is 10.6 Å². The molecule has 0 fully saturated rings. The zero-order valence-electron chi connectivity index (χ0n) is 11.5. The van der Waals surface area contributed by atoms with Crippen LogP contribution in [-0.2, 0) is 11.3 Å². The predicted molar refractivity (Wildman–Crippen MR) is 81.7 cm³/mol. The van der Waals surface area contributed by atoms with Crippen LogP contribution in [0, 0.1) is 0 Å². The number of hydrogen-bond donors (Lipinski definition) is 1. The van der Waals surface area contributed by atoms with Gasteiger partial charge in [0.1, 0.15) is 0 Å². The molecule has 0 spiro atoms. The second kappa shape index (κ2) is 6.45. The Bertz CT molecular complexity index is 532. The standard InChI is InChI=1S/C13H19N3OS2/c1-4-8(5-2)12-15-9(6-17-3)11(19-12)10-7-18-13(14)16-10/h7-8H,4-6H2,1-3H3,(H2,14,16). The van der Waals surface area contributed by atoms with Crippen molar-refractivity contribution in [1.29, 1.82) is 0 Å². The third-order valence-electron chi connectivity index (χ3n) is 3.08. The van der Waals surface area contributed by atoms with E-state index in [0.29, 0.717) is 17.7 Å². The van der Waals surface area contributed by atoms with Crippen molar-refractivity contribution in [3.63, 3.8) is 0 Å². The van der Waals surface area contributed by atoms with Crippen LogP contribution in [0.15, 0.2) is 5.38 Å². The number of ether oxygens (including phenoxy) is 1. The number of aromatic nitrogens is 2. The fourth-order valence-electron chi connectivity index (χ4n) is 2.01. The van der Waals surface area contributed by atoms with Crippen LogP contribution in [0.5, 0.6) is 0 Å². The molecule has 2 N–H and O–H groups in total. The van der Waals surface area contributed by atoms with E-state index in [9.17, 15) is 0 Å². The van der Waals surface area contributed by atoms with Crippen molar-refractivity contribution >= 4 is 27.8 Å². The van der Waals surface area contributed by atoms with E-state index in [1.807, 2.05) is 5.38 Å². The Balaban J connectivity index is 2.40. The third kappa shape index (κ3) is 3.13. The Kier molecular flexibility index (Phi) is 4.90. The summed E-state index contributed by atoms with van der Waals surface area (Å²) in [6.45, 7) is 4.92. The second-order valence-corrected chi connectivity index (χ2v) is 6.27. The maximum absolute atomic E-state index is 5.72. The SMILES string of the molecule is CCC(CC)c1nc(COC)c(-c2csc(N)n2)s1. The highest BCUT2D eigenvalue weighted by atomic mass is 32.1. The highest BCUT2D eigenvalue weighted by molar-refractivity contribution is 7.16. The lowest BCUT2D eigenvalue weighted by Crippen LogP contribution is -1.96. The van der Waals surface area contributed by atoms with Gasteiger partial charge in [-0.1, -0.05) is 13.8 Å². The first-order valence-corrected chi connectivity index (χ1v) is 8.09. The van der Waals surface area contributed by atoms with Crippen molar-refractivity contribution in [2.45, 2.75) is 39.2 Å². The van der Waals surface area contributed by atoms with Gasteiger partial charge in [-0.15, -0.1) is 22.7 Å². The average molecular weight is 297 g/mol. The minimum absolute atomic E-state index is 0.517. The van der Waals surface area contributed by atoms with E-state index in [4.69, 9.17) is 15.5 Å². The highest BCUT2D eigenvalue weighted by Crippen LogP contribution is 2.36. The van der Waals surface area contributed by atoms with E-state index in [-0.39, 0.29) is 0 Å². The van der Waals surface area contributed by atoms with Gasteiger partial charge in [-0.05, 0) is 12.8 Å². The molecule has 2 aromatic heterocycles. The van der Waals surface area contributed by atoms with E-state index in [1.165, 1.54) is 16.3 Å². The second-order valence-electron chi connectivity index (χ2n) is 4.35. The van der Waals surface area contributed by atoms with Crippen molar-refractivity contribution in [2.24, 2.45) is 0 Å². The number of hydrogen-bond acceptors (Lipinski definition) is 6. The smallest absolute Gasteiger partial charge is 0.180 e. The summed E-state index contributed by atoms with van der Waals surface area (Å²) in [5.41, 5.74) is 7.61. The van der Waals surface area contributed by atoms with Crippen molar-refractivity contribution in [2.75, 3.05) is 12.8 Å². The van der Waals surface area contributed by atoms with Crippen LogP contribution in [0.25, 0.3) is 10.6 Å². The quantitative estimate of drug-likeness (QED) is 0.878. The van der Waals surface area contributed by atoms with Crippen LogP contribution in [0.2, 0.25) is 0 Å². The molecule has 0 bridgehead atoms. The first kappa shape index (κ1) is 14.4. The minimum Gasteiger partial charge on any atom is -0.378 e. The molecule has 2 aromatic rings. The summed E-state index contributed by atoms with van der Waals surface area (Å²) >= 11 is 3.18. The van der Waals surface area contributed by atoms with Gasteiger partial charge in [0.05, 0.1) is 27.9 Å². The molecule has 0 atom stereocenters. The molecule has 2 heterocycles. The van der Waals surface area contributed by atoms with E-state index in [2.05, 4.69) is 18.8 Å². The average Bonchev–Trinajstić information content (AvgIpc) is 2.98. The molecule has 0 saturated carbocycles. The third-order valence-corrected chi connectivity index (χ3v) is 5.04. The molecule has 0 radical (unpaired) electrons. The summed E-state index contributed by atoms with van der Waals surface area (Å²) in [6, 6.07) is 0. The molecule has 0 saturated heterocycles. The summed E-state index contributed by atoms with van der Waals surface area (Å²) in [5.74, 6) is 0.519. The summed E-state index contributed by atoms with van der Waals surface area (Å²) in [5, 5.41) is 3.76. The monoisotopic (exact) mass is 297 g/mol. The van der Waals surface area contributed by atoms with Crippen molar-refractivity contribution in [3.05, 3.63) is 16.1 Å². The molecule has 0 aliphatic heterocycles. The van der Waals surface area contributed by atoms with Crippen LogP contribution >= 0.6 is 22.7 Å². The number of methoxy groups -OCH3 is 1. The summed E-state index contributed by atoms with van der Waals surface area (Å²) in [7, 11) is 1.69. The van der Waals surface area contributed by atoms with Gasteiger partial charge in [-0.3, -0.25) is 0 Å². The van der Waals surface area contributed by atoms with Crippen LogP contribution in [0.4, 0.5) is 5.13 Å². The molecular formula is C13H19N3OS2. The Hall–Kier alpha value is -0.980. The Morgan fingerprint density at radius 1 is 1.32 bits per heavy atom. The normalized spacial score (nSPS) is 11.4. The van der Waals surface area contributed by atoms with Crippen molar-refractivity contribution in [1.82, 2.24) is 9.97 Å². The van der Waals surface area contributed by atoms with Gasteiger partial charge < -0.3 is 10.5 Å². The first-order valence-electron chi connectivity index (χ1n) is 6.39. The van der Waals surface area contributed by atoms with Crippen LogP contribution in [0.1, 0.15) is 43.3 Å². The minimum atomic E-state index is 0.517. The lowest BCUT2D eigenvalue weighted by Gasteiger charge is -2.06. The molecular weight excluding hydrogens is 278 g/mol. The topological polar surface area (TPSA) is 61.0 Å². The Morgan fingerprint density at radius 2 is 2.05 bits per heavy atom. The summed E-state index contributed by atoms with van der Waals surface area (Å²) in [4.78, 5) is 10.2. The number of rotatable bonds is 6. The van der Waals surface area contributed by atoms with E-state index in [0.717, 1.165) is 29.1 Å². The first-order chi connectivity index (χ1) is 9.19. The molecule has 0 amide bonds. The number of nitrogens with zero attached hydrogens (tertiary/aromatic N) is 2. The molecule has 19 heavy (non-hydrogen) atoms. The maximum Gasteiger partial charge on any atom is 0.180 e. The van der Waals surface area contributed by atoms with Crippen molar-refractivity contribution < 1.29 is 4.74 Å². The van der Waals surface area contributed by atoms with Crippen LogP contribution in [0.3, 0.4) is 0 Å². The molecule has 4 nitrogen and oxygen atoms in total. The number of anilines is 1. The van der Waals surface area contributed by atoms with Gasteiger partial charge in [-0.2, -0.15) is 0 Å². The maximum atomic E-state index is 5.72. The van der Waals surface area contributed by atoms with Crippen LogP contribution < -0.4 is 5.73 Å². The highest BCUT2D eigenvalue weighted by Gasteiger charge is 2.19. The Labute approximate surface area is 121 Å². The number of nitrogens with two attached hydrogens (primary N) is 1. The summed E-state index contributed by atoms with van der Waals surface area (Å²) in [6.07, 6.45) is 2.21. The molecule has 0 aromatic carbocycles. The fraction of sp³-hybridized carbons (Fsp3) is 0.538. The van der Waals surface area contributed by atoms with Gasteiger partial charge in [0.15, 0.2) is 5.13 Å². The van der Waals surface area contributed by atoms with Crippen LogP contribution in [-0.4, -0.2) is 17.1 Å². The lowest BCUT2D eigenvalue weighted by atomic mass is 10.1. The van der Waals surface area contributed by atoms with E-state index < -0.39 is 0 Å². The van der Waals surface area contributed by atoms with Gasteiger partial charge in [0.2, 0.25) is 0 Å². The number of nitrogen functional groups attached to an aromatic ring is 1. The number of thiazole rings is 2. The molecule has 6 heteroatoms. The molecule has 0 aliphatic rings. The largest absolute Gasteiger partial charge is 0.378 e. The lowest BCUT2D eigenvalue weighted by molar-refractivity contribution is 0.182. The predicted octanol–water partition coefficient (Wildman–Crippen LogP) is 3.90. The van der Waals surface area contributed by atoms with Gasteiger partial charge >= 0.3 is 0 Å².